The molecule has 6 heteroatoms. The summed E-state index contributed by atoms with van der Waals surface area (Å²) < 4.78 is 6.88. The minimum atomic E-state index is -0.193. The molecule has 0 aliphatic rings. The van der Waals surface area contributed by atoms with Crippen LogP contribution in [0.5, 0.6) is 0 Å². The lowest BCUT2D eigenvalue weighted by atomic mass is 10.2. The highest BCUT2D eigenvalue weighted by atomic mass is 79.9. The molecule has 1 amide bonds. The fraction of sp³-hybridized carbons (Fsp3) is 0.154. The van der Waals surface area contributed by atoms with Crippen molar-refractivity contribution in [3.05, 3.63) is 50.7 Å². The Morgan fingerprint density at radius 3 is 2.84 bits per heavy atom. The van der Waals surface area contributed by atoms with Crippen molar-refractivity contribution in [3.8, 4) is 0 Å². The standard InChI is InChI=1S/C13H12Br2N2O2/c1-19-7-9-10(15)3-2-4-11(9)17-13(18)12-5-8(14)6-16-12/h2-6,16H,7H2,1H3,(H,17,18). The molecule has 2 aromatic rings. The summed E-state index contributed by atoms with van der Waals surface area (Å²) in [6.45, 7) is 0.422. The maximum absolute atomic E-state index is 12.1. The third-order valence-electron chi connectivity index (χ3n) is 2.55. The van der Waals surface area contributed by atoms with Crippen LogP contribution in [0, 0.1) is 0 Å². The fourth-order valence-corrected chi connectivity index (χ4v) is 2.48. The van der Waals surface area contributed by atoms with E-state index in [1.54, 1.807) is 19.4 Å². The Morgan fingerprint density at radius 1 is 1.42 bits per heavy atom. The van der Waals surface area contributed by atoms with Crippen LogP contribution in [0.3, 0.4) is 0 Å². The number of ether oxygens (including phenoxy) is 1. The van der Waals surface area contributed by atoms with E-state index in [2.05, 4.69) is 42.2 Å². The highest BCUT2D eigenvalue weighted by molar-refractivity contribution is 9.10. The van der Waals surface area contributed by atoms with Crippen LogP contribution in [0.4, 0.5) is 5.69 Å². The van der Waals surface area contributed by atoms with Gasteiger partial charge in [-0.2, -0.15) is 0 Å². The van der Waals surface area contributed by atoms with Gasteiger partial charge in [0.2, 0.25) is 0 Å². The first-order valence-corrected chi connectivity index (χ1v) is 7.12. The Morgan fingerprint density at radius 2 is 2.21 bits per heavy atom. The number of rotatable bonds is 4. The Kier molecular flexibility index (Phi) is 4.79. The molecule has 0 unspecified atom stereocenters. The topological polar surface area (TPSA) is 54.1 Å². The molecule has 0 atom stereocenters. The first-order valence-electron chi connectivity index (χ1n) is 5.53. The number of hydrogen-bond acceptors (Lipinski definition) is 2. The van der Waals surface area contributed by atoms with Crippen molar-refractivity contribution in [3.63, 3.8) is 0 Å². The second-order valence-electron chi connectivity index (χ2n) is 3.88. The van der Waals surface area contributed by atoms with Crippen LogP contribution >= 0.6 is 31.9 Å². The molecule has 0 bridgehead atoms. The Hall–Kier alpha value is -1.11. The minimum Gasteiger partial charge on any atom is -0.380 e. The van der Waals surface area contributed by atoms with E-state index in [1.165, 1.54) is 0 Å². The number of aromatic nitrogens is 1. The van der Waals surface area contributed by atoms with Crippen molar-refractivity contribution >= 4 is 43.5 Å². The van der Waals surface area contributed by atoms with Crippen LogP contribution in [-0.4, -0.2) is 18.0 Å². The highest BCUT2D eigenvalue weighted by Crippen LogP contribution is 2.26. The highest BCUT2D eigenvalue weighted by Gasteiger charge is 2.12. The molecule has 1 aromatic heterocycles. The number of amides is 1. The van der Waals surface area contributed by atoms with Gasteiger partial charge in [-0.25, -0.2) is 0 Å². The van der Waals surface area contributed by atoms with Gasteiger partial charge in [0.25, 0.3) is 5.91 Å². The predicted octanol–water partition coefficient (Wildman–Crippen LogP) is 3.94. The van der Waals surface area contributed by atoms with Gasteiger partial charge >= 0.3 is 0 Å². The van der Waals surface area contributed by atoms with E-state index < -0.39 is 0 Å². The van der Waals surface area contributed by atoms with Gasteiger partial charge in [-0.1, -0.05) is 22.0 Å². The summed E-state index contributed by atoms with van der Waals surface area (Å²) in [7, 11) is 1.62. The van der Waals surface area contributed by atoms with Crippen molar-refractivity contribution in [2.24, 2.45) is 0 Å². The summed E-state index contributed by atoms with van der Waals surface area (Å²) in [5.74, 6) is -0.193. The predicted molar refractivity (Wildman–Crippen MR) is 81.3 cm³/mol. The first-order chi connectivity index (χ1) is 9.11. The van der Waals surface area contributed by atoms with Crippen molar-refractivity contribution in [1.29, 1.82) is 0 Å². The monoisotopic (exact) mass is 386 g/mol. The van der Waals surface area contributed by atoms with Gasteiger partial charge < -0.3 is 15.0 Å². The number of carbonyl (C=O) groups is 1. The van der Waals surface area contributed by atoms with Crippen molar-refractivity contribution in [2.75, 3.05) is 12.4 Å². The number of H-pyrrole nitrogens is 1. The number of hydrogen-bond donors (Lipinski definition) is 2. The van der Waals surface area contributed by atoms with Crippen molar-refractivity contribution < 1.29 is 9.53 Å². The van der Waals surface area contributed by atoms with Crippen LogP contribution in [0.2, 0.25) is 0 Å². The smallest absolute Gasteiger partial charge is 0.272 e. The molecule has 19 heavy (non-hydrogen) atoms. The minimum absolute atomic E-state index is 0.193. The second-order valence-corrected chi connectivity index (χ2v) is 5.65. The normalized spacial score (nSPS) is 10.5. The lowest BCUT2D eigenvalue weighted by molar-refractivity contribution is 0.102. The summed E-state index contributed by atoms with van der Waals surface area (Å²) in [5, 5.41) is 2.86. The third-order valence-corrected chi connectivity index (χ3v) is 3.75. The summed E-state index contributed by atoms with van der Waals surface area (Å²) >= 11 is 6.75. The number of carbonyl (C=O) groups excluding carboxylic acids is 1. The molecule has 0 radical (unpaired) electrons. The summed E-state index contributed by atoms with van der Waals surface area (Å²) in [6.07, 6.45) is 1.71. The Balaban J connectivity index is 2.23. The molecule has 4 nitrogen and oxygen atoms in total. The van der Waals surface area contributed by atoms with Crippen molar-refractivity contribution in [2.45, 2.75) is 6.61 Å². The number of nitrogens with one attached hydrogen (secondary N) is 2. The molecule has 2 rings (SSSR count). The van der Waals surface area contributed by atoms with E-state index in [0.29, 0.717) is 12.3 Å². The van der Waals surface area contributed by atoms with Crippen molar-refractivity contribution in [1.82, 2.24) is 4.98 Å². The zero-order valence-corrected chi connectivity index (χ0v) is 13.3. The lowest BCUT2D eigenvalue weighted by Gasteiger charge is -2.11. The van der Waals surface area contributed by atoms with Crippen LogP contribution < -0.4 is 5.32 Å². The summed E-state index contributed by atoms with van der Waals surface area (Å²) in [5.41, 5.74) is 2.13. The average molecular weight is 388 g/mol. The number of methoxy groups -OCH3 is 1. The van der Waals surface area contributed by atoms with Gasteiger partial charge in [-0.05, 0) is 34.1 Å². The Bertz CT molecular complexity index is 596. The SMILES string of the molecule is COCc1c(Br)cccc1NC(=O)c1cc(Br)c[nH]1. The van der Waals surface area contributed by atoms with Gasteiger partial charge in [0.1, 0.15) is 5.69 Å². The zero-order valence-electron chi connectivity index (χ0n) is 10.2. The molecular weight excluding hydrogens is 376 g/mol. The molecular formula is C13H12Br2N2O2. The molecule has 0 saturated carbocycles. The van der Waals surface area contributed by atoms with E-state index >= 15 is 0 Å². The number of anilines is 1. The van der Waals surface area contributed by atoms with E-state index in [-0.39, 0.29) is 5.91 Å². The number of halogens is 2. The van der Waals surface area contributed by atoms with Crippen LogP contribution in [0.25, 0.3) is 0 Å². The molecule has 0 aliphatic heterocycles. The van der Waals surface area contributed by atoms with E-state index in [1.807, 2.05) is 18.2 Å². The van der Waals surface area contributed by atoms with E-state index in [9.17, 15) is 4.79 Å². The van der Waals surface area contributed by atoms with E-state index in [4.69, 9.17) is 4.74 Å². The average Bonchev–Trinajstić information content (AvgIpc) is 2.80. The molecule has 1 heterocycles. The molecule has 1 aromatic carbocycles. The first kappa shape index (κ1) is 14.3. The van der Waals surface area contributed by atoms with Crippen LogP contribution in [0.15, 0.2) is 39.4 Å². The zero-order chi connectivity index (χ0) is 13.8. The van der Waals surface area contributed by atoms with Crippen LogP contribution in [-0.2, 0) is 11.3 Å². The molecule has 100 valence electrons. The molecule has 0 aliphatic carbocycles. The van der Waals surface area contributed by atoms with Gasteiger partial charge in [0, 0.05) is 33.5 Å². The van der Waals surface area contributed by atoms with Gasteiger partial charge in [0.15, 0.2) is 0 Å². The quantitative estimate of drug-likeness (QED) is 0.834. The largest absolute Gasteiger partial charge is 0.380 e. The third kappa shape index (κ3) is 3.46. The van der Waals surface area contributed by atoms with E-state index in [0.717, 1.165) is 20.2 Å². The van der Waals surface area contributed by atoms with Gasteiger partial charge in [-0.15, -0.1) is 0 Å². The molecule has 0 spiro atoms. The maximum Gasteiger partial charge on any atom is 0.272 e. The fourth-order valence-electron chi connectivity index (χ4n) is 1.66. The maximum atomic E-state index is 12.1. The lowest BCUT2D eigenvalue weighted by Crippen LogP contribution is -2.14. The van der Waals surface area contributed by atoms with Gasteiger partial charge in [-0.3, -0.25) is 4.79 Å². The Labute approximate surface area is 127 Å². The summed E-state index contributed by atoms with van der Waals surface area (Å²) in [6, 6.07) is 7.34. The molecule has 0 fully saturated rings. The second kappa shape index (κ2) is 6.36. The number of aromatic amines is 1. The van der Waals surface area contributed by atoms with Gasteiger partial charge in [0.05, 0.1) is 6.61 Å². The number of benzene rings is 1. The molecule has 0 saturated heterocycles. The van der Waals surface area contributed by atoms with Crippen LogP contribution in [0.1, 0.15) is 16.1 Å². The molecule has 2 N–H and O–H groups in total. The summed E-state index contributed by atoms with van der Waals surface area (Å²) in [4.78, 5) is 15.0.